The quantitative estimate of drug-likeness (QED) is 0.514. The van der Waals surface area contributed by atoms with Gasteiger partial charge in [-0.3, -0.25) is 10.1 Å². The molecule has 2 aromatic rings. The van der Waals surface area contributed by atoms with Crippen molar-refractivity contribution in [1.29, 1.82) is 0 Å². The molecule has 0 heterocycles. The molecule has 2 aromatic carbocycles. The molecule has 0 saturated heterocycles. The number of hydrogen-bond acceptors (Lipinski definition) is 3. The smallest absolute Gasteiger partial charge is 0.311 e. The van der Waals surface area contributed by atoms with E-state index in [-0.39, 0.29) is 16.9 Å². The maximum atomic E-state index is 11.2. The summed E-state index contributed by atoms with van der Waals surface area (Å²) in [6.07, 6.45) is 0. The van der Waals surface area contributed by atoms with Gasteiger partial charge in [0.05, 0.1) is 4.92 Å². The largest absolute Gasteiger partial charge is 0.450 e. The summed E-state index contributed by atoms with van der Waals surface area (Å²) in [5.74, 6) is 0.869. The van der Waals surface area contributed by atoms with E-state index in [0.717, 1.165) is 15.6 Å². The van der Waals surface area contributed by atoms with Gasteiger partial charge in [-0.2, -0.15) is 0 Å². The molecule has 0 spiro atoms. The van der Waals surface area contributed by atoms with E-state index in [2.05, 4.69) is 36.7 Å². The van der Waals surface area contributed by atoms with Gasteiger partial charge in [0.25, 0.3) is 0 Å². The van der Waals surface area contributed by atoms with E-state index < -0.39 is 4.92 Å². The Morgan fingerprint density at radius 2 is 1.77 bits per heavy atom. The minimum atomic E-state index is -0.420. The van der Waals surface area contributed by atoms with Gasteiger partial charge in [-0.1, -0.05) is 48.8 Å². The predicted molar refractivity (Wildman–Crippen MR) is 90.7 cm³/mol. The fourth-order valence-corrected chi connectivity index (χ4v) is 2.52. The van der Waals surface area contributed by atoms with Crippen LogP contribution in [0.4, 0.5) is 5.69 Å². The van der Waals surface area contributed by atoms with E-state index in [1.54, 1.807) is 12.1 Å². The highest BCUT2D eigenvalue weighted by molar-refractivity contribution is 9.10. The van der Waals surface area contributed by atoms with Crippen LogP contribution in [0.1, 0.15) is 31.9 Å². The second-order valence-electron chi connectivity index (χ2n) is 6.22. The first-order valence-corrected chi connectivity index (χ1v) is 7.71. The van der Waals surface area contributed by atoms with E-state index in [0.29, 0.717) is 5.75 Å². The summed E-state index contributed by atoms with van der Waals surface area (Å²) in [7, 11) is 0. The highest BCUT2D eigenvalue weighted by Crippen LogP contribution is 2.39. The number of nitro groups is 1. The van der Waals surface area contributed by atoms with Crippen LogP contribution in [0.15, 0.2) is 40.9 Å². The predicted octanol–water partition coefficient (Wildman–Crippen LogP) is 5.76. The van der Waals surface area contributed by atoms with Crippen LogP contribution in [0.5, 0.6) is 11.5 Å². The van der Waals surface area contributed by atoms with E-state index in [1.165, 1.54) is 6.07 Å². The van der Waals surface area contributed by atoms with Crippen LogP contribution in [0, 0.1) is 17.0 Å². The van der Waals surface area contributed by atoms with Crippen molar-refractivity contribution in [3.63, 3.8) is 0 Å². The van der Waals surface area contributed by atoms with E-state index in [9.17, 15) is 10.1 Å². The molecule has 0 amide bonds. The second kappa shape index (κ2) is 6.08. The first-order valence-electron chi connectivity index (χ1n) is 6.91. The van der Waals surface area contributed by atoms with Crippen molar-refractivity contribution in [3.8, 4) is 11.5 Å². The lowest BCUT2D eigenvalue weighted by molar-refractivity contribution is -0.385. The molecule has 2 rings (SSSR count). The van der Waals surface area contributed by atoms with Crippen LogP contribution in [0.25, 0.3) is 0 Å². The van der Waals surface area contributed by atoms with Crippen molar-refractivity contribution in [2.45, 2.75) is 33.1 Å². The Kier molecular flexibility index (Phi) is 4.56. The van der Waals surface area contributed by atoms with Crippen molar-refractivity contribution >= 4 is 21.6 Å². The van der Waals surface area contributed by atoms with Gasteiger partial charge in [-0.25, -0.2) is 0 Å². The maximum absolute atomic E-state index is 11.2. The second-order valence-corrected chi connectivity index (χ2v) is 7.14. The molecule has 5 heteroatoms. The van der Waals surface area contributed by atoms with Crippen LogP contribution in [-0.4, -0.2) is 4.92 Å². The molecule has 0 N–H and O–H groups in total. The maximum Gasteiger partial charge on any atom is 0.311 e. The zero-order chi connectivity index (χ0) is 16.5. The monoisotopic (exact) mass is 363 g/mol. The van der Waals surface area contributed by atoms with Crippen LogP contribution >= 0.6 is 15.9 Å². The SMILES string of the molecule is Cc1ccc(Oc2cc(Br)ccc2C(C)(C)C)c([N+](=O)[O-])c1. The number of halogens is 1. The minimum Gasteiger partial charge on any atom is -0.450 e. The Bertz CT molecular complexity index is 720. The molecular weight excluding hydrogens is 346 g/mol. The molecule has 0 aromatic heterocycles. The average Bonchev–Trinajstić information content (AvgIpc) is 2.39. The molecule has 0 aliphatic rings. The van der Waals surface area contributed by atoms with Crippen molar-refractivity contribution in [2.75, 3.05) is 0 Å². The molecule has 0 atom stereocenters. The molecule has 0 fully saturated rings. The summed E-state index contributed by atoms with van der Waals surface area (Å²) in [4.78, 5) is 10.8. The first-order chi connectivity index (χ1) is 10.2. The van der Waals surface area contributed by atoms with Gasteiger partial charge in [0.2, 0.25) is 5.75 Å². The summed E-state index contributed by atoms with van der Waals surface area (Å²) < 4.78 is 6.76. The number of aryl methyl sites for hydroxylation is 1. The highest BCUT2D eigenvalue weighted by atomic mass is 79.9. The van der Waals surface area contributed by atoms with E-state index in [1.807, 2.05) is 25.1 Å². The number of nitro benzene ring substituents is 1. The number of rotatable bonds is 3. The molecule has 0 aliphatic carbocycles. The van der Waals surface area contributed by atoms with Crippen molar-refractivity contribution < 1.29 is 9.66 Å². The third kappa shape index (κ3) is 3.65. The van der Waals surface area contributed by atoms with Gasteiger partial charge < -0.3 is 4.74 Å². The number of nitrogens with zero attached hydrogens (tertiary/aromatic N) is 1. The van der Waals surface area contributed by atoms with Crippen LogP contribution < -0.4 is 4.74 Å². The Morgan fingerprint density at radius 1 is 1.09 bits per heavy atom. The molecule has 22 heavy (non-hydrogen) atoms. The Balaban J connectivity index is 2.52. The van der Waals surface area contributed by atoms with Crippen LogP contribution in [-0.2, 0) is 5.41 Å². The number of hydrogen-bond donors (Lipinski definition) is 0. The summed E-state index contributed by atoms with van der Waals surface area (Å²) >= 11 is 3.42. The third-order valence-corrected chi connectivity index (χ3v) is 3.78. The van der Waals surface area contributed by atoms with Crippen molar-refractivity contribution in [2.24, 2.45) is 0 Å². The highest BCUT2D eigenvalue weighted by Gasteiger charge is 2.22. The van der Waals surface area contributed by atoms with E-state index in [4.69, 9.17) is 4.74 Å². The Hall–Kier alpha value is -1.88. The minimum absolute atomic E-state index is 0.0279. The summed E-state index contributed by atoms with van der Waals surface area (Å²) in [6, 6.07) is 10.7. The zero-order valence-electron chi connectivity index (χ0n) is 13.0. The standard InChI is InChI=1S/C17H18BrNO3/c1-11-5-8-15(14(9-11)19(20)21)22-16-10-12(18)6-7-13(16)17(2,3)4/h5-10H,1-4H3. The number of benzene rings is 2. The molecule has 4 nitrogen and oxygen atoms in total. The van der Waals surface area contributed by atoms with Gasteiger partial charge in [0.15, 0.2) is 0 Å². The lowest BCUT2D eigenvalue weighted by Crippen LogP contribution is -2.12. The van der Waals surface area contributed by atoms with Gasteiger partial charge in [0.1, 0.15) is 5.75 Å². The normalized spacial score (nSPS) is 11.3. The molecule has 116 valence electrons. The van der Waals surface area contributed by atoms with Crippen molar-refractivity contribution in [1.82, 2.24) is 0 Å². The zero-order valence-corrected chi connectivity index (χ0v) is 14.6. The van der Waals surface area contributed by atoms with E-state index >= 15 is 0 Å². The fourth-order valence-electron chi connectivity index (χ4n) is 2.18. The molecule has 0 radical (unpaired) electrons. The van der Waals surface area contributed by atoms with Gasteiger partial charge >= 0.3 is 5.69 Å². The topological polar surface area (TPSA) is 52.4 Å². The lowest BCUT2D eigenvalue weighted by Gasteiger charge is -2.22. The first kappa shape index (κ1) is 16.5. The third-order valence-electron chi connectivity index (χ3n) is 3.28. The van der Waals surface area contributed by atoms with Gasteiger partial charge in [0, 0.05) is 16.1 Å². The molecule has 0 unspecified atom stereocenters. The molecule has 0 bridgehead atoms. The van der Waals surface area contributed by atoms with Gasteiger partial charge in [-0.15, -0.1) is 0 Å². The van der Waals surface area contributed by atoms with Crippen LogP contribution in [0.3, 0.4) is 0 Å². The Labute approximate surface area is 138 Å². The lowest BCUT2D eigenvalue weighted by atomic mass is 9.86. The summed E-state index contributed by atoms with van der Waals surface area (Å²) in [6.45, 7) is 8.04. The molecule has 0 aliphatic heterocycles. The number of ether oxygens (including phenoxy) is 1. The van der Waals surface area contributed by atoms with Crippen LogP contribution in [0.2, 0.25) is 0 Å². The average molecular weight is 364 g/mol. The summed E-state index contributed by atoms with van der Waals surface area (Å²) in [5.41, 5.74) is 1.66. The van der Waals surface area contributed by atoms with Gasteiger partial charge in [-0.05, 0) is 36.1 Å². The van der Waals surface area contributed by atoms with Crippen molar-refractivity contribution in [3.05, 3.63) is 62.1 Å². The molecule has 0 saturated carbocycles. The fraction of sp³-hybridized carbons (Fsp3) is 0.294. The molecular formula is C17H18BrNO3. The summed E-state index contributed by atoms with van der Waals surface area (Å²) in [5, 5.41) is 11.2. The Morgan fingerprint density at radius 3 is 2.36 bits per heavy atom.